The number of hydrogen-bond donors (Lipinski definition) is 0. The maximum Gasteiger partial charge on any atom is 2.00 e. The second-order valence-electron chi connectivity index (χ2n) is 11.7. The number of allylic oxidation sites excluding steroid dienone is 6. The number of benzene rings is 1. The molecule has 0 radical (unpaired) electrons. The molecule has 11 heteroatoms. The van der Waals surface area contributed by atoms with Gasteiger partial charge in [0, 0.05) is 23.6 Å². The molecule has 1 aromatic rings. The molecule has 0 aliphatic heterocycles. The van der Waals surface area contributed by atoms with Crippen LogP contribution in [-0.4, -0.2) is 37.1 Å². The van der Waals surface area contributed by atoms with Crippen LogP contribution in [-0.2, 0) is 4.74 Å². The molecule has 0 bridgehead atoms. The summed E-state index contributed by atoms with van der Waals surface area (Å²) < 4.78 is 77.6. The molecule has 1 aliphatic carbocycles. The third kappa shape index (κ3) is 18.5. The van der Waals surface area contributed by atoms with Gasteiger partial charge in [-0.2, -0.15) is 57.5 Å². The van der Waals surface area contributed by atoms with E-state index >= 15 is 0 Å². The van der Waals surface area contributed by atoms with Crippen molar-refractivity contribution in [3.63, 3.8) is 0 Å². The summed E-state index contributed by atoms with van der Waals surface area (Å²) in [7, 11) is 1.65. The second-order valence-corrected chi connectivity index (χ2v) is 11.7. The van der Waals surface area contributed by atoms with Gasteiger partial charge in [0.05, 0.1) is 12.7 Å². The van der Waals surface area contributed by atoms with Gasteiger partial charge >= 0.3 is 43.5 Å². The van der Waals surface area contributed by atoms with E-state index in [-0.39, 0.29) is 37.0 Å². The van der Waals surface area contributed by atoms with E-state index in [1.165, 1.54) is 19.8 Å². The largest absolute Gasteiger partial charge is 2.00 e. The molecule has 0 N–H and O–H groups in total. The Kier molecular flexibility index (Phi) is 24.1. The van der Waals surface area contributed by atoms with E-state index in [9.17, 15) is 26.3 Å². The van der Waals surface area contributed by atoms with E-state index < -0.39 is 24.0 Å². The van der Waals surface area contributed by atoms with Crippen LogP contribution in [0.4, 0.5) is 26.3 Å². The molecule has 1 aromatic carbocycles. The fraction of sp³-hybridized carbons (Fsp3) is 0.487. The standard InChI is InChI=1S/C19H27N2O.C16H19F3N.C4H7F3.U/c1-7-12-20-19(22-6)18(15(5)16-10-11-16)17(9-3)21-13-14(4)8-2;1-5-12(4)15(13-9-7-11(3)8-10-13)20-14(6-2)16(17,18)19;1-3(2)4(5,6)7;/h12-13,16H,2,5,7,9-11H2,1,3-4,6H3;6-10,12H,3,5H2,1-2,4H3;3H,1-2H3;/q2*-1;;+2/b14-13-,19-18-,20-12-,21-17-;14-6-,20-15?;;. The second kappa shape index (κ2) is 24.4. The van der Waals surface area contributed by atoms with Crippen molar-refractivity contribution in [1.82, 2.24) is 0 Å². The molecule has 1 fully saturated rings. The van der Waals surface area contributed by atoms with Crippen LogP contribution in [0.25, 0.3) is 0 Å². The van der Waals surface area contributed by atoms with Crippen LogP contribution in [0.3, 0.4) is 0 Å². The quantitative estimate of drug-likeness (QED) is 0.0639. The Morgan fingerprint density at radius 1 is 1.06 bits per heavy atom. The predicted molar refractivity (Wildman–Crippen MR) is 193 cm³/mol. The fourth-order valence-electron chi connectivity index (χ4n) is 3.78. The third-order valence-corrected chi connectivity index (χ3v) is 7.29. The van der Waals surface area contributed by atoms with Crippen molar-refractivity contribution in [2.24, 2.45) is 32.7 Å². The van der Waals surface area contributed by atoms with Crippen molar-refractivity contribution in [2.45, 2.75) is 99.8 Å². The average molecular weight is 932 g/mol. The molecule has 1 unspecified atom stereocenters. The molecule has 0 saturated heterocycles. The van der Waals surface area contributed by atoms with Crippen molar-refractivity contribution < 1.29 is 62.2 Å². The zero-order valence-corrected chi connectivity index (χ0v) is 35.1. The molecule has 1 saturated carbocycles. The van der Waals surface area contributed by atoms with Crippen molar-refractivity contribution in [3.05, 3.63) is 102 Å². The third-order valence-electron chi connectivity index (χ3n) is 7.29. The van der Waals surface area contributed by atoms with Crippen LogP contribution in [0.15, 0.2) is 93.0 Å². The molecular formula is C39H53F6N3OU. The molecule has 0 spiro atoms. The molecule has 1 atom stereocenters. The first-order valence-electron chi connectivity index (χ1n) is 16.4. The summed E-state index contributed by atoms with van der Waals surface area (Å²) in [6.07, 6.45) is 3.77. The van der Waals surface area contributed by atoms with Gasteiger partial charge in [0.1, 0.15) is 5.70 Å². The Hall–Kier alpha value is -2.77. The van der Waals surface area contributed by atoms with E-state index in [2.05, 4.69) is 48.1 Å². The maximum absolute atomic E-state index is 12.8. The number of hydrogen-bond acceptors (Lipinski definition) is 4. The van der Waals surface area contributed by atoms with Gasteiger partial charge < -0.3 is 9.73 Å². The minimum atomic E-state index is -4.43. The number of methoxy groups -OCH3 is 1. The van der Waals surface area contributed by atoms with E-state index in [1.807, 2.05) is 33.9 Å². The zero-order chi connectivity index (χ0) is 37.9. The summed E-state index contributed by atoms with van der Waals surface area (Å²) in [6.45, 7) is 25.1. The first kappa shape index (κ1) is 49.3. The van der Waals surface area contributed by atoms with Gasteiger partial charge in [0.15, 0.2) is 0 Å². The fourth-order valence-corrected chi connectivity index (χ4v) is 3.78. The van der Waals surface area contributed by atoms with Crippen LogP contribution in [0, 0.1) is 61.9 Å². The minimum absolute atomic E-state index is 0. The van der Waals surface area contributed by atoms with Gasteiger partial charge in [0.25, 0.3) is 0 Å². The van der Waals surface area contributed by atoms with Gasteiger partial charge in [-0.3, -0.25) is 6.08 Å². The van der Waals surface area contributed by atoms with E-state index in [4.69, 9.17) is 4.74 Å². The van der Waals surface area contributed by atoms with Crippen LogP contribution in [0.5, 0.6) is 0 Å². The minimum Gasteiger partial charge on any atom is -0.481 e. The van der Waals surface area contributed by atoms with Gasteiger partial charge in [-0.15, -0.1) is 18.3 Å². The van der Waals surface area contributed by atoms with Crippen molar-refractivity contribution in [1.29, 1.82) is 0 Å². The van der Waals surface area contributed by atoms with E-state index in [0.29, 0.717) is 23.1 Å². The summed E-state index contributed by atoms with van der Waals surface area (Å²) in [6, 6.07) is 7.07. The summed E-state index contributed by atoms with van der Waals surface area (Å²) in [5.74, 6) is -0.117. The van der Waals surface area contributed by atoms with Gasteiger partial charge in [-0.1, -0.05) is 61.1 Å². The predicted octanol–water partition coefficient (Wildman–Crippen LogP) is 12.4. The Morgan fingerprint density at radius 2 is 1.60 bits per heavy atom. The topological polar surface area (TPSA) is 46.3 Å². The summed E-state index contributed by atoms with van der Waals surface area (Å²) in [4.78, 5) is 12.9. The van der Waals surface area contributed by atoms with E-state index in [1.54, 1.807) is 37.6 Å². The summed E-state index contributed by atoms with van der Waals surface area (Å²) in [5.41, 5.74) is 5.00. The molecule has 2 rings (SSSR count). The Balaban J connectivity index is 0. The van der Waals surface area contributed by atoms with Crippen LogP contribution in [0.1, 0.15) is 98.6 Å². The van der Waals surface area contributed by atoms with Crippen LogP contribution >= 0.6 is 0 Å². The molecule has 50 heavy (non-hydrogen) atoms. The Morgan fingerprint density at radius 3 is 1.96 bits per heavy atom. The number of halogens is 6. The number of alkyl halides is 6. The van der Waals surface area contributed by atoms with Crippen molar-refractivity contribution in [2.75, 3.05) is 7.11 Å². The molecule has 276 valence electrons. The van der Waals surface area contributed by atoms with Crippen molar-refractivity contribution in [3.8, 4) is 0 Å². The number of rotatable bonds is 13. The van der Waals surface area contributed by atoms with Gasteiger partial charge in [0.2, 0.25) is 5.88 Å². The Bertz CT molecular complexity index is 1380. The monoisotopic (exact) mass is 931 g/mol. The summed E-state index contributed by atoms with van der Waals surface area (Å²) >= 11 is 0. The number of ether oxygens (including phenoxy) is 1. The SMILES string of the molecule is C=[C-]\C(C)=C/N=C(CC)\C(C(=C)C1CC1)=C(\N=C/CC)OC.CC(C)C(F)(F)F.[CH2-]c1ccc(C(=N/C(=C\C)C(F)(F)F)C(C)CC)cc1.[U+2]. The maximum atomic E-state index is 12.8. The van der Waals surface area contributed by atoms with Crippen molar-refractivity contribution >= 4 is 17.6 Å². The molecule has 0 heterocycles. The first-order valence-corrected chi connectivity index (χ1v) is 16.4. The molecule has 4 nitrogen and oxygen atoms in total. The smallest absolute Gasteiger partial charge is 0.481 e. The molecule has 0 aromatic heterocycles. The molecule has 1 aliphatic rings. The first-order chi connectivity index (χ1) is 22.8. The van der Waals surface area contributed by atoms with Crippen LogP contribution in [0.2, 0.25) is 0 Å². The number of aliphatic imine (C=N–C) groups is 3. The van der Waals surface area contributed by atoms with E-state index in [0.717, 1.165) is 67.2 Å². The summed E-state index contributed by atoms with van der Waals surface area (Å²) in [5, 5.41) is 0. The normalized spacial score (nSPS) is 15.6. The zero-order valence-electron chi connectivity index (χ0n) is 30.9. The number of nitrogens with zero attached hydrogens (tertiary/aromatic N) is 3. The molecular weight excluding hydrogens is 878 g/mol. The van der Waals surface area contributed by atoms with Gasteiger partial charge in [-0.25, -0.2) is 15.6 Å². The van der Waals surface area contributed by atoms with Gasteiger partial charge in [-0.05, 0) is 62.0 Å². The van der Waals surface area contributed by atoms with Crippen LogP contribution < -0.4 is 0 Å². The molecule has 0 amide bonds. The Labute approximate surface area is 320 Å². The average Bonchev–Trinajstić information content (AvgIpc) is 3.90.